The van der Waals surface area contributed by atoms with Gasteiger partial charge in [-0.05, 0) is 30.7 Å². The van der Waals surface area contributed by atoms with E-state index in [1.807, 2.05) is 44.2 Å². The van der Waals surface area contributed by atoms with Crippen LogP contribution in [0.25, 0.3) is 0 Å². The molecule has 1 aliphatic rings. The number of alkyl carbamates (subject to hydrolysis) is 1. The maximum atomic E-state index is 13.0. The highest BCUT2D eigenvalue weighted by atomic mass is 16.5. The van der Waals surface area contributed by atoms with Crippen LogP contribution in [0.2, 0.25) is 0 Å². The SMILES string of the molecule is CC(C)CC(NC(=O)OCc1ccccc1)C(=O)CC1CCCCOCCNC(=O)C1=O. The smallest absolute Gasteiger partial charge is 0.408 e. The number of carbonyl (C=O) groups is 4. The van der Waals surface area contributed by atoms with E-state index in [2.05, 4.69) is 10.6 Å². The van der Waals surface area contributed by atoms with E-state index in [4.69, 9.17) is 9.47 Å². The normalized spacial score (nSPS) is 18.9. The molecule has 2 atom stereocenters. The minimum absolute atomic E-state index is 0.0938. The van der Waals surface area contributed by atoms with Crippen LogP contribution < -0.4 is 10.6 Å². The molecule has 0 radical (unpaired) electrons. The van der Waals surface area contributed by atoms with Gasteiger partial charge in [-0.25, -0.2) is 4.79 Å². The molecule has 1 fully saturated rings. The molecule has 0 aliphatic carbocycles. The van der Waals surface area contributed by atoms with E-state index >= 15 is 0 Å². The predicted molar refractivity (Wildman–Crippen MR) is 119 cm³/mol. The van der Waals surface area contributed by atoms with Gasteiger partial charge in [-0.3, -0.25) is 14.4 Å². The third-order valence-corrected chi connectivity index (χ3v) is 5.27. The van der Waals surface area contributed by atoms with Crippen molar-refractivity contribution in [1.82, 2.24) is 10.6 Å². The molecular weight excluding hydrogens is 412 g/mol. The third kappa shape index (κ3) is 9.18. The molecule has 1 heterocycles. The fourth-order valence-corrected chi connectivity index (χ4v) is 3.57. The molecule has 8 heteroatoms. The van der Waals surface area contributed by atoms with Gasteiger partial charge in [0.25, 0.3) is 5.91 Å². The van der Waals surface area contributed by atoms with E-state index in [1.54, 1.807) is 0 Å². The third-order valence-electron chi connectivity index (χ3n) is 5.27. The van der Waals surface area contributed by atoms with Crippen LogP contribution in [0.3, 0.4) is 0 Å². The van der Waals surface area contributed by atoms with Crippen molar-refractivity contribution in [3.63, 3.8) is 0 Å². The number of hydrogen-bond acceptors (Lipinski definition) is 6. The number of nitrogens with one attached hydrogen (secondary N) is 2. The Hall–Kier alpha value is -2.74. The maximum Gasteiger partial charge on any atom is 0.408 e. The summed E-state index contributed by atoms with van der Waals surface area (Å²) in [6.45, 7) is 5.16. The summed E-state index contributed by atoms with van der Waals surface area (Å²) in [5.41, 5.74) is 0.840. The largest absolute Gasteiger partial charge is 0.445 e. The van der Waals surface area contributed by atoms with Crippen molar-refractivity contribution in [2.75, 3.05) is 19.8 Å². The second-order valence-corrected chi connectivity index (χ2v) is 8.48. The van der Waals surface area contributed by atoms with Crippen LogP contribution in [0, 0.1) is 11.8 Å². The van der Waals surface area contributed by atoms with Gasteiger partial charge in [-0.15, -0.1) is 0 Å². The molecule has 176 valence electrons. The maximum absolute atomic E-state index is 13.0. The van der Waals surface area contributed by atoms with Crippen molar-refractivity contribution in [3.8, 4) is 0 Å². The Kier molecular flexibility index (Phi) is 10.9. The molecule has 1 saturated heterocycles. The molecule has 0 bridgehead atoms. The van der Waals surface area contributed by atoms with E-state index in [0.29, 0.717) is 32.5 Å². The second kappa shape index (κ2) is 13.6. The Morgan fingerprint density at radius 1 is 1.16 bits per heavy atom. The first kappa shape index (κ1) is 25.5. The van der Waals surface area contributed by atoms with Crippen LogP contribution in [-0.4, -0.2) is 49.4 Å². The van der Waals surface area contributed by atoms with E-state index < -0.39 is 29.7 Å². The lowest BCUT2D eigenvalue weighted by Crippen LogP contribution is -2.44. The molecule has 0 saturated carbocycles. The van der Waals surface area contributed by atoms with Crippen molar-refractivity contribution >= 4 is 23.6 Å². The number of amides is 2. The van der Waals surface area contributed by atoms with Crippen LogP contribution in [0.1, 0.15) is 51.5 Å². The van der Waals surface area contributed by atoms with Gasteiger partial charge < -0.3 is 20.1 Å². The van der Waals surface area contributed by atoms with Crippen molar-refractivity contribution in [2.45, 2.75) is 58.6 Å². The van der Waals surface area contributed by atoms with Crippen LogP contribution in [0.5, 0.6) is 0 Å². The van der Waals surface area contributed by atoms with Crippen molar-refractivity contribution in [3.05, 3.63) is 35.9 Å². The second-order valence-electron chi connectivity index (χ2n) is 8.48. The first-order valence-electron chi connectivity index (χ1n) is 11.3. The Bertz CT molecular complexity index is 765. The summed E-state index contributed by atoms with van der Waals surface area (Å²) in [5, 5.41) is 5.20. The molecule has 0 aromatic heterocycles. The van der Waals surface area contributed by atoms with E-state index in [1.165, 1.54) is 0 Å². The summed E-state index contributed by atoms with van der Waals surface area (Å²) in [6.07, 6.45) is 1.50. The first-order valence-corrected chi connectivity index (χ1v) is 11.3. The summed E-state index contributed by atoms with van der Waals surface area (Å²) >= 11 is 0. The molecule has 1 aliphatic heterocycles. The molecule has 8 nitrogen and oxygen atoms in total. The Morgan fingerprint density at radius 3 is 2.62 bits per heavy atom. The van der Waals surface area contributed by atoms with E-state index in [-0.39, 0.29) is 31.3 Å². The van der Waals surface area contributed by atoms with E-state index in [0.717, 1.165) is 12.0 Å². The van der Waals surface area contributed by atoms with Crippen molar-refractivity contribution in [2.24, 2.45) is 11.8 Å². The number of hydrogen-bond donors (Lipinski definition) is 2. The zero-order valence-electron chi connectivity index (χ0n) is 18.9. The lowest BCUT2D eigenvalue weighted by Gasteiger charge is -2.22. The van der Waals surface area contributed by atoms with Crippen molar-refractivity contribution < 1.29 is 28.7 Å². The molecule has 32 heavy (non-hydrogen) atoms. The van der Waals surface area contributed by atoms with Gasteiger partial charge in [0.05, 0.1) is 12.6 Å². The topological polar surface area (TPSA) is 111 Å². The summed E-state index contributed by atoms with van der Waals surface area (Å²) in [7, 11) is 0. The summed E-state index contributed by atoms with van der Waals surface area (Å²) in [6, 6.07) is 8.47. The minimum atomic E-state index is -0.782. The summed E-state index contributed by atoms with van der Waals surface area (Å²) < 4.78 is 10.6. The number of rotatable bonds is 8. The fourth-order valence-electron chi connectivity index (χ4n) is 3.57. The Morgan fingerprint density at radius 2 is 1.91 bits per heavy atom. The monoisotopic (exact) mass is 446 g/mol. The van der Waals surface area contributed by atoms with Crippen LogP contribution in [0.15, 0.2) is 30.3 Å². The molecule has 2 N–H and O–H groups in total. The highest BCUT2D eigenvalue weighted by Crippen LogP contribution is 2.19. The van der Waals surface area contributed by atoms with Gasteiger partial charge in [0.15, 0.2) is 5.78 Å². The Balaban J connectivity index is 1.99. The number of carbonyl (C=O) groups excluding carboxylic acids is 4. The van der Waals surface area contributed by atoms with Gasteiger partial charge in [0, 0.05) is 25.5 Å². The van der Waals surface area contributed by atoms with Crippen molar-refractivity contribution in [1.29, 1.82) is 0 Å². The lowest BCUT2D eigenvalue weighted by molar-refractivity contribution is -0.141. The zero-order valence-corrected chi connectivity index (χ0v) is 18.9. The van der Waals surface area contributed by atoms with Crippen LogP contribution in [-0.2, 0) is 30.5 Å². The first-order chi connectivity index (χ1) is 15.4. The molecule has 1 aromatic rings. The molecular formula is C24H34N2O6. The van der Waals surface area contributed by atoms with Gasteiger partial charge in [-0.2, -0.15) is 0 Å². The van der Waals surface area contributed by atoms with Gasteiger partial charge >= 0.3 is 6.09 Å². The molecule has 1 aromatic carbocycles. The average Bonchev–Trinajstić information content (AvgIpc) is 2.80. The number of ketones is 2. The van der Waals surface area contributed by atoms with Crippen LogP contribution in [0.4, 0.5) is 4.79 Å². The van der Waals surface area contributed by atoms with Gasteiger partial charge in [-0.1, -0.05) is 50.6 Å². The van der Waals surface area contributed by atoms with Gasteiger partial charge in [0.2, 0.25) is 5.78 Å². The highest BCUT2D eigenvalue weighted by molar-refractivity contribution is 6.37. The molecule has 2 amide bonds. The van der Waals surface area contributed by atoms with Crippen LogP contribution >= 0.6 is 0 Å². The quantitative estimate of drug-likeness (QED) is 0.594. The average molecular weight is 447 g/mol. The predicted octanol–water partition coefficient (Wildman–Crippen LogP) is 2.79. The fraction of sp³-hybridized carbons (Fsp3) is 0.583. The summed E-state index contributed by atoms with van der Waals surface area (Å²) in [4.78, 5) is 50.1. The standard InChI is InChI=1S/C24H34N2O6/c1-17(2)14-20(26-24(30)32-16-18-8-4-3-5-9-18)21(27)15-19-10-6-7-12-31-13-11-25-23(29)22(19)28/h3-5,8-9,17,19-20H,6-7,10-16H2,1-2H3,(H,25,29)(H,26,30). The highest BCUT2D eigenvalue weighted by Gasteiger charge is 2.31. The minimum Gasteiger partial charge on any atom is -0.445 e. The Labute approximate surface area is 189 Å². The summed E-state index contributed by atoms with van der Waals surface area (Å²) in [5.74, 6) is -2.12. The number of ether oxygens (including phenoxy) is 2. The zero-order chi connectivity index (χ0) is 23.3. The van der Waals surface area contributed by atoms with Gasteiger partial charge in [0.1, 0.15) is 6.61 Å². The van der Waals surface area contributed by atoms with E-state index in [9.17, 15) is 19.2 Å². The lowest BCUT2D eigenvalue weighted by atomic mass is 9.87. The number of Topliss-reactive ketones (excluding diaryl/α,β-unsaturated/α-hetero) is 2. The number of benzene rings is 1. The molecule has 2 unspecified atom stereocenters. The molecule has 0 spiro atoms. The molecule has 2 rings (SSSR count).